The molecule has 0 spiro atoms. The van der Waals surface area contributed by atoms with E-state index < -0.39 is 0 Å². The smallest absolute Gasteiger partial charge is 0.222 e. The summed E-state index contributed by atoms with van der Waals surface area (Å²) in [7, 11) is 1.96. The molecule has 2 nitrogen and oxygen atoms in total. The number of hydrogen-bond donors (Lipinski definition) is 0. The van der Waals surface area contributed by atoms with Crippen LogP contribution in [0.4, 0.5) is 0 Å². The highest BCUT2D eigenvalue weighted by Crippen LogP contribution is 2.23. The molecule has 1 saturated carbocycles. The van der Waals surface area contributed by atoms with Crippen LogP contribution in [0.25, 0.3) is 0 Å². The number of benzene rings is 1. The summed E-state index contributed by atoms with van der Waals surface area (Å²) in [4.78, 5) is 14.0. The van der Waals surface area contributed by atoms with Gasteiger partial charge in [0.15, 0.2) is 0 Å². The van der Waals surface area contributed by atoms with Crippen LogP contribution in [0.1, 0.15) is 37.7 Å². The number of carbonyl (C=O) groups excluding carboxylic acids is 1. The zero-order valence-electron chi connectivity index (χ0n) is 10.6. The summed E-state index contributed by atoms with van der Waals surface area (Å²) in [6, 6.07) is 10.7. The van der Waals surface area contributed by atoms with Crippen LogP contribution in [0.2, 0.25) is 0 Å². The van der Waals surface area contributed by atoms with Gasteiger partial charge in [-0.2, -0.15) is 0 Å². The Morgan fingerprint density at radius 3 is 2.53 bits per heavy atom. The molecule has 1 fully saturated rings. The van der Waals surface area contributed by atoms with E-state index in [0.717, 1.165) is 6.42 Å². The molecule has 1 amide bonds. The average molecular weight is 231 g/mol. The lowest BCUT2D eigenvalue weighted by molar-refractivity contribution is -0.131. The quantitative estimate of drug-likeness (QED) is 0.780. The van der Waals surface area contributed by atoms with Crippen molar-refractivity contribution in [1.29, 1.82) is 0 Å². The molecule has 0 unspecified atom stereocenters. The molecule has 0 aliphatic heterocycles. The van der Waals surface area contributed by atoms with Gasteiger partial charge in [-0.3, -0.25) is 4.79 Å². The average Bonchev–Trinajstić information content (AvgIpc) is 2.90. The lowest BCUT2D eigenvalue weighted by atomic mass is 10.1. The lowest BCUT2D eigenvalue weighted by Crippen LogP contribution is -2.35. The van der Waals surface area contributed by atoms with Gasteiger partial charge in [0.05, 0.1) is 0 Å². The summed E-state index contributed by atoms with van der Waals surface area (Å²) in [5, 5.41) is 0. The molecule has 1 aliphatic rings. The highest BCUT2D eigenvalue weighted by atomic mass is 16.2. The number of aryl methyl sites for hydroxylation is 1. The molecule has 92 valence electrons. The highest BCUT2D eigenvalue weighted by Gasteiger charge is 2.22. The molecule has 0 saturated heterocycles. The maximum Gasteiger partial charge on any atom is 0.222 e. The minimum Gasteiger partial charge on any atom is -0.343 e. The minimum atomic E-state index is 0.292. The van der Waals surface area contributed by atoms with E-state index in [1.807, 2.05) is 30.1 Å². The van der Waals surface area contributed by atoms with Gasteiger partial charge in [-0.05, 0) is 24.8 Å². The summed E-state index contributed by atoms with van der Waals surface area (Å²) in [5.74, 6) is 0.292. The van der Waals surface area contributed by atoms with Gasteiger partial charge in [-0.1, -0.05) is 43.2 Å². The second kappa shape index (κ2) is 5.85. The van der Waals surface area contributed by atoms with Gasteiger partial charge in [0.25, 0.3) is 0 Å². The Bertz CT molecular complexity index is 354. The summed E-state index contributed by atoms with van der Waals surface area (Å²) >= 11 is 0. The molecule has 17 heavy (non-hydrogen) atoms. The van der Waals surface area contributed by atoms with Gasteiger partial charge in [0, 0.05) is 19.5 Å². The number of carbonyl (C=O) groups is 1. The fourth-order valence-electron chi connectivity index (χ4n) is 2.57. The fourth-order valence-corrected chi connectivity index (χ4v) is 2.57. The maximum atomic E-state index is 12.0. The number of hydrogen-bond acceptors (Lipinski definition) is 1. The van der Waals surface area contributed by atoms with Crippen molar-refractivity contribution in [3.8, 4) is 0 Å². The van der Waals surface area contributed by atoms with Crippen molar-refractivity contribution < 1.29 is 4.79 Å². The van der Waals surface area contributed by atoms with E-state index in [1.165, 1.54) is 31.2 Å². The zero-order chi connectivity index (χ0) is 12.1. The third kappa shape index (κ3) is 3.32. The van der Waals surface area contributed by atoms with E-state index >= 15 is 0 Å². The molecule has 0 atom stereocenters. The molecule has 0 heterocycles. The van der Waals surface area contributed by atoms with Crippen molar-refractivity contribution in [2.45, 2.75) is 44.6 Å². The first-order chi connectivity index (χ1) is 8.27. The van der Waals surface area contributed by atoms with Crippen molar-refractivity contribution >= 4 is 5.91 Å². The number of rotatable bonds is 4. The van der Waals surface area contributed by atoms with Crippen LogP contribution < -0.4 is 0 Å². The van der Waals surface area contributed by atoms with E-state index in [2.05, 4.69) is 12.1 Å². The van der Waals surface area contributed by atoms with Crippen LogP contribution in [-0.4, -0.2) is 23.9 Å². The van der Waals surface area contributed by atoms with E-state index in [4.69, 9.17) is 0 Å². The normalized spacial score (nSPS) is 16.1. The van der Waals surface area contributed by atoms with Crippen molar-refractivity contribution in [1.82, 2.24) is 4.90 Å². The second-order valence-electron chi connectivity index (χ2n) is 4.93. The van der Waals surface area contributed by atoms with Gasteiger partial charge in [0.1, 0.15) is 0 Å². The monoisotopic (exact) mass is 231 g/mol. The Morgan fingerprint density at radius 1 is 1.24 bits per heavy atom. The molecular weight excluding hydrogens is 210 g/mol. The topological polar surface area (TPSA) is 20.3 Å². The molecule has 2 rings (SSSR count). The van der Waals surface area contributed by atoms with Crippen LogP contribution in [-0.2, 0) is 11.2 Å². The predicted octanol–water partition coefficient (Wildman–Crippen LogP) is 3.02. The third-order valence-electron chi connectivity index (χ3n) is 3.74. The van der Waals surface area contributed by atoms with Crippen LogP contribution in [0.3, 0.4) is 0 Å². The molecule has 2 heteroatoms. The van der Waals surface area contributed by atoms with Crippen molar-refractivity contribution in [3.05, 3.63) is 35.9 Å². The standard InChI is InChI=1S/C15H21NO/c1-16(14-9-5-6-10-14)15(17)12-11-13-7-3-2-4-8-13/h2-4,7-8,14H,5-6,9-12H2,1H3. The zero-order valence-corrected chi connectivity index (χ0v) is 10.6. The summed E-state index contributed by atoms with van der Waals surface area (Å²) in [5.41, 5.74) is 1.25. The largest absolute Gasteiger partial charge is 0.343 e. The first-order valence-corrected chi connectivity index (χ1v) is 6.57. The van der Waals surface area contributed by atoms with Crippen LogP contribution in [0, 0.1) is 0 Å². The van der Waals surface area contributed by atoms with Crippen LogP contribution >= 0.6 is 0 Å². The Labute approximate surface area is 104 Å². The Kier molecular flexibility index (Phi) is 4.18. The molecule has 0 radical (unpaired) electrons. The van der Waals surface area contributed by atoms with Crippen LogP contribution in [0.5, 0.6) is 0 Å². The molecule has 1 aromatic carbocycles. The predicted molar refractivity (Wildman–Crippen MR) is 69.8 cm³/mol. The molecule has 1 aromatic rings. The van der Waals surface area contributed by atoms with Crippen molar-refractivity contribution in [2.24, 2.45) is 0 Å². The summed E-state index contributed by atoms with van der Waals surface area (Å²) < 4.78 is 0. The minimum absolute atomic E-state index is 0.292. The van der Waals surface area contributed by atoms with E-state index in [-0.39, 0.29) is 0 Å². The first-order valence-electron chi connectivity index (χ1n) is 6.57. The van der Waals surface area contributed by atoms with Crippen molar-refractivity contribution in [2.75, 3.05) is 7.05 Å². The highest BCUT2D eigenvalue weighted by molar-refractivity contribution is 5.76. The summed E-state index contributed by atoms with van der Waals surface area (Å²) in [6.45, 7) is 0. The van der Waals surface area contributed by atoms with E-state index in [0.29, 0.717) is 18.4 Å². The van der Waals surface area contributed by atoms with E-state index in [9.17, 15) is 4.79 Å². The maximum absolute atomic E-state index is 12.0. The first kappa shape index (κ1) is 12.2. The SMILES string of the molecule is CN(C(=O)CCc1ccccc1)C1CCCC1. The number of nitrogens with zero attached hydrogens (tertiary/aromatic N) is 1. The Morgan fingerprint density at radius 2 is 1.88 bits per heavy atom. The van der Waals surface area contributed by atoms with Gasteiger partial charge >= 0.3 is 0 Å². The molecule has 1 aliphatic carbocycles. The third-order valence-corrected chi connectivity index (χ3v) is 3.74. The van der Waals surface area contributed by atoms with Gasteiger partial charge in [-0.25, -0.2) is 0 Å². The Hall–Kier alpha value is -1.31. The van der Waals surface area contributed by atoms with Crippen molar-refractivity contribution in [3.63, 3.8) is 0 Å². The number of amides is 1. The molecular formula is C15H21NO. The second-order valence-corrected chi connectivity index (χ2v) is 4.93. The Balaban J connectivity index is 1.80. The summed E-state index contributed by atoms with van der Waals surface area (Å²) in [6.07, 6.45) is 6.43. The van der Waals surface area contributed by atoms with E-state index in [1.54, 1.807) is 0 Å². The van der Waals surface area contributed by atoms with Gasteiger partial charge in [0.2, 0.25) is 5.91 Å². The van der Waals surface area contributed by atoms with Crippen LogP contribution in [0.15, 0.2) is 30.3 Å². The molecule has 0 N–H and O–H groups in total. The fraction of sp³-hybridized carbons (Fsp3) is 0.533. The molecule has 0 aromatic heterocycles. The lowest BCUT2D eigenvalue weighted by Gasteiger charge is -2.24. The van der Waals surface area contributed by atoms with Gasteiger partial charge < -0.3 is 4.90 Å². The molecule has 0 bridgehead atoms. The van der Waals surface area contributed by atoms with Gasteiger partial charge in [-0.15, -0.1) is 0 Å².